The molecule has 1 heterocycles. The van der Waals surface area contributed by atoms with Crippen molar-refractivity contribution in [3.8, 4) is 11.5 Å². The maximum atomic E-state index is 12.8. The second-order valence-electron chi connectivity index (χ2n) is 5.54. The first-order chi connectivity index (χ1) is 11.1. The fourth-order valence-corrected chi connectivity index (χ4v) is 2.81. The van der Waals surface area contributed by atoms with Crippen LogP contribution in [0.5, 0.6) is 11.5 Å². The number of rotatable bonds is 4. The van der Waals surface area contributed by atoms with Crippen molar-refractivity contribution in [2.24, 2.45) is 0 Å². The summed E-state index contributed by atoms with van der Waals surface area (Å²) in [7, 11) is 2.84. The quantitative estimate of drug-likeness (QED) is 0.628. The Bertz CT molecular complexity index is 580. The highest BCUT2D eigenvalue weighted by Crippen LogP contribution is 2.35. The van der Waals surface area contributed by atoms with E-state index in [4.69, 9.17) is 9.47 Å². The van der Waals surface area contributed by atoms with Gasteiger partial charge in [0.05, 0.1) is 25.2 Å². The van der Waals surface area contributed by atoms with Gasteiger partial charge < -0.3 is 14.4 Å². The van der Waals surface area contributed by atoms with Crippen LogP contribution in [0.2, 0.25) is 0 Å². The van der Waals surface area contributed by atoms with Gasteiger partial charge in [0.1, 0.15) is 5.56 Å². The maximum Gasteiger partial charge on any atom is 0.286 e. The van der Waals surface area contributed by atoms with E-state index in [1.165, 1.54) is 32.8 Å². The van der Waals surface area contributed by atoms with Gasteiger partial charge in [0, 0.05) is 19.2 Å². The van der Waals surface area contributed by atoms with Crippen molar-refractivity contribution in [3.63, 3.8) is 0 Å². The molecule has 0 saturated carbocycles. The Morgan fingerprint density at radius 3 is 2.09 bits per heavy atom. The number of nitrogens with zero attached hydrogens (tertiary/aromatic N) is 2. The highest BCUT2D eigenvalue weighted by molar-refractivity contribution is 5.99. The molecule has 1 aliphatic rings. The van der Waals surface area contributed by atoms with E-state index in [1.807, 2.05) is 0 Å². The molecular weight excluding hydrogens is 300 g/mol. The molecule has 2 rings (SSSR count). The predicted molar refractivity (Wildman–Crippen MR) is 85.2 cm³/mol. The third kappa shape index (κ3) is 3.91. The summed E-state index contributed by atoms with van der Waals surface area (Å²) < 4.78 is 10.3. The molecule has 1 aliphatic heterocycles. The number of nitro benzene ring substituents is 1. The average Bonchev–Trinajstić information content (AvgIpc) is 2.52. The third-order valence-electron chi connectivity index (χ3n) is 4.07. The molecule has 7 heteroatoms. The summed E-state index contributed by atoms with van der Waals surface area (Å²) in [6, 6.07) is 2.65. The number of ether oxygens (including phenoxy) is 2. The maximum absolute atomic E-state index is 12.8. The molecule has 1 aromatic rings. The Labute approximate surface area is 135 Å². The number of amides is 1. The van der Waals surface area contributed by atoms with Gasteiger partial charge in [0.15, 0.2) is 11.5 Å². The fraction of sp³-hybridized carbons (Fsp3) is 0.562. The number of carbonyl (C=O) groups excluding carboxylic acids is 1. The van der Waals surface area contributed by atoms with Crippen molar-refractivity contribution < 1.29 is 19.2 Å². The van der Waals surface area contributed by atoms with Crippen molar-refractivity contribution in [2.45, 2.75) is 32.1 Å². The standard InChI is InChI=1S/C16H22N2O5/c1-22-14-10-12(13(18(20)21)11-15(14)23-2)16(19)17-8-6-4-3-5-7-9-17/h10-11H,3-9H2,1-2H3. The smallest absolute Gasteiger partial charge is 0.286 e. The monoisotopic (exact) mass is 322 g/mol. The molecule has 0 aliphatic carbocycles. The lowest BCUT2D eigenvalue weighted by Crippen LogP contribution is -2.34. The van der Waals surface area contributed by atoms with E-state index < -0.39 is 4.92 Å². The molecule has 0 unspecified atom stereocenters. The van der Waals surface area contributed by atoms with Gasteiger partial charge in [-0.1, -0.05) is 19.3 Å². The minimum Gasteiger partial charge on any atom is -0.493 e. The topological polar surface area (TPSA) is 81.9 Å². The first kappa shape index (κ1) is 17.1. The van der Waals surface area contributed by atoms with Gasteiger partial charge in [-0.15, -0.1) is 0 Å². The van der Waals surface area contributed by atoms with Gasteiger partial charge in [-0.05, 0) is 12.8 Å². The Balaban J connectivity index is 2.38. The van der Waals surface area contributed by atoms with E-state index in [0.717, 1.165) is 25.7 Å². The molecule has 1 saturated heterocycles. The van der Waals surface area contributed by atoms with Crippen LogP contribution in [0.25, 0.3) is 0 Å². The third-order valence-corrected chi connectivity index (χ3v) is 4.07. The molecule has 0 N–H and O–H groups in total. The molecule has 0 radical (unpaired) electrons. The summed E-state index contributed by atoms with van der Waals surface area (Å²) in [5, 5.41) is 11.3. The minimum atomic E-state index is -0.556. The van der Waals surface area contributed by atoms with Crippen LogP contribution in [0, 0.1) is 10.1 Å². The van der Waals surface area contributed by atoms with E-state index in [9.17, 15) is 14.9 Å². The summed E-state index contributed by atoms with van der Waals surface area (Å²) >= 11 is 0. The van der Waals surface area contributed by atoms with Gasteiger partial charge in [-0.3, -0.25) is 14.9 Å². The summed E-state index contributed by atoms with van der Waals surface area (Å²) in [6.07, 6.45) is 5.19. The lowest BCUT2D eigenvalue weighted by molar-refractivity contribution is -0.385. The first-order valence-corrected chi connectivity index (χ1v) is 7.78. The molecule has 0 bridgehead atoms. The summed E-state index contributed by atoms with van der Waals surface area (Å²) in [5.41, 5.74) is -0.206. The van der Waals surface area contributed by atoms with Crippen LogP contribution >= 0.6 is 0 Å². The van der Waals surface area contributed by atoms with Crippen LogP contribution in [0.15, 0.2) is 12.1 Å². The van der Waals surface area contributed by atoms with Crippen LogP contribution in [0.1, 0.15) is 42.5 Å². The van der Waals surface area contributed by atoms with Crippen molar-refractivity contribution in [2.75, 3.05) is 27.3 Å². The van der Waals surface area contributed by atoms with Gasteiger partial charge >= 0.3 is 0 Å². The van der Waals surface area contributed by atoms with Crippen LogP contribution in [-0.4, -0.2) is 43.0 Å². The Hall–Kier alpha value is -2.31. The molecular formula is C16H22N2O5. The Morgan fingerprint density at radius 2 is 1.57 bits per heavy atom. The summed E-state index contributed by atoms with van der Waals surface area (Å²) in [4.78, 5) is 25.3. The van der Waals surface area contributed by atoms with Gasteiger partial charge in [-0.25, -0.2) is 0 Å². The first-order valence-electron chi connectivity index (χ1n) is 7.78. The van der Waals surface area contributed by atoms with Crippen LogP contribution in [0.3, 0.4) is 0 Å². The second-order valence-corrected chi connectivity index (χ2v) is 5.54. The minimum absolute atomic E-state index is 0.0493. The number of carbonyl (C=O) groups is 1. The predicted octanol–water partition coefficient (Wildman–Crippen LogP) is 3.02. The molecule has 0 spiro atoms. The Kier molecular flexibility index (Phi) is 5.78. The van der Waals surface area contributed by atoms with E-state index in [1.54, 1.807) is 4.90 Å². The summed E-state index contributed by atoms with van der Waals surface area (Å²) in [5.74, 6) is 0.233. The normalized spacial score (nSPS) is 15.5. The van der Waals surface area contributed by atoms with Crippen molar-refractivity contribution in [1.29, 1.82) is 0 Å². The lowest BCUT2D eigenvalue weighted by atomic mass is 10.1. The van der Waals surface area contributed by atoms with Gasteiger partial charge in [-0.2, -0.15) is 0 Å². The molecule has 126 valence electrons. The summed E-state index contributed by atoms with van der Waals surface area (Å²) in [6.45, 7) is 1.26. The van der Waals surface area contributed by atoms with E-state index in [2.05, 4.69) is 0 Å². The van der Waals surface area contributed by atoms with E-state index in [-0.39, 0.29) is 22.9 Å². The number of methoxy groups -OCH3 is 2. The Morgan fingerprint density at radius 1 is 1.04 bits per heavy atom. The molecule has 1 aromatic carbocycles. The number of likely N-dealkylation sites (tertiary alicyclic amines) is 1. The number of hydrogen-bond acceptors (Lipinski definition) is 5. The van der Waals surface area contributed by atoms with Crippen molar-refractivity contribution in [3.05, 3.63) is 27.8 Å². The molecule has 0 aromatic heterocycles. The van der Waals surface area contributed by atoms with Crippen molar-refractivity contribution in [1.82, 2.24) is 4.90 Å². The largest absolute Gasteiger partial charge is 0.493 e. The SMILES string of the molecule is COc1cc(C(=O)N2CCCCCCC2)c([N+](=O)[O-])cc1OC. The number of nitro groups is 1. The fourth-order valence-electron chi connectivity index (χ4n) is 2.81. The lowest BCUT2D eigenvalue weighted by Gasteiger charge is -2.25. The van der Waals surface area contributed by atoms with Gasteiger partial charge in [0.25, 0.3) is 11.6 Å². The molecule has 0 atom stereocenters. The van der Waals surface area contributed by atoms with E-state index >= 15 is 0 Å². The zero-order chi connectivity index (χ0) is 16.8. The second kappa shape index (κ2) is 7.80. The van der Waals surface area contributed by atoms with Crippen LogP contribution in [-0.2, 0) is 0 Å². The zero-order valence-electron chi connectivity index (χ0n) is 13.5. The van der Waals surface area contributed by atoms with Gasteiger partial charge in [0.2, 0.25) is 0 Å². The molecule has 1 amide bonds. The van der Waals surface area contributed by atoms with Crippen LogP contribution < -0.4 is 9.47 Å². The van der Waals surface area contributed by atoms with E-state index in [0.29, 0.717) is 18.8 Å². The molecule has 1 fully saturated rings. The van der Waals surface area contributed by atoms with Crippen molar-refractivity contribution >= 4 is 11.6 Å². The highest BCUT2D eigenvalue weighted by atomic mass is 16.6. The molecule has 23 heavy (non-hydrogen) atoms. The number of benzene rings is 1. The van der Waals surface area contributed by atoms with Crippen LogP contribution in [0.4, 0.5) is 5.69 Å². The average molecular weight is 322 g/mol. The number of hydrogen-bond donors (Lipinski definition) is 0. The zero-order valence-corrected chi connectivity index (χ0v) is 13.5. The molecule has 7 nitrogen and oxygen atoms in total. The highest BCUT2D eigenvalue weighted by Gasteiger charge is 2.28.